The molecule has 3 N–H and O–H groups in total. The number of hydrogen-bond acceptors (Lipinski definition) is 9. The summed E-state index contributed by atoms with van der Waals surface area (Å²) in [6, 6.07) is 8.02. The van der Waals surface area contributed by atoms with Gasteiger partial charge in [-0.2, -0.15) is 4.98 Å². The fourth-order valence-electron chi connectivity index (χ4n) is 4.64. The van der Waals surface area contributed by atoms with E-state index in [1.54, 1.807) is 39.3 Å². The van der Waals surface area contributed by atoms with E-state index < -0.39 is 17.8 Å². The second kappa shape index (κ2) is 9.47. The average molecular weight is 561 g/mol. The molecule has 0 atom stereocenters. The lowest BCUT2D eigenvalue weighted by Crippen LogP contribution is -2.43. The van der Waals surface area contributed by atoms with Crippen LogP contribution in [0, 0.1) is 0 Å². The van der Waals surface area contributed by atoms with Crippen molar-refractivity contribution >= 4 is 29.6 Å². The Bertz CT molecular complexity index is 1640. The van der Waals surface area contributed by atoms with Crippen LogP contribution in [-0.2, 0) is 14.6 Å². The van der Waals surface area contributed by atoms with Gasteiger partial charge in [-0.05, 0) is 43.9 Å². The fourth-order valence-corrected chi connectivity index (χ4v) is 6.90. The van der Waals surface area contributed by atoms with Gasteiger partial charge in [0.1, 0.15) is 23.4 Å². The second-order valence-corrected chi connectivity index (χ2v) is 12.7. The largest absolute Gasteiger partial charge is 0.524 e. The molecule has 1 aliphatic carbocycles. The van der Waals surface area contributed by atoms with Gasteiger partial charge in [-0.25, -0.2) is 27.3 Å². The summed E-state index contributed by atoms with van der Waals surface area (Å²) in [7, 11) is -7.91. The molecule has 0 radical (unpaired) electrons. The molecule has 1 aromatic carbocycles. The summed E-state index contributed by atoms with van der Waals surface area (Å²) < 4.78 is 49.9. The third-order valence-electron chi connectivity index (χ3n) is 6.58. The van der Waals surface area contributed by atoms with Gasteiger partial charge in [0.2, 0.25) is 16.0 Å². The first-order chi connectivity index (χ1) is 18.2. The van der Waals surface area contributed by atoms with Crippen molar-refractivity contribution in [1.29, 1.82) is 0 Å². The summed E-state index contributed by atoms with van der Waals surface area (Å²) in [5, 5.41) is 3.12. The molecule has 2 aliphatic rings. The van der Waals surface area contributed by atoms with Crippen LogP contribution in [0.2, 0.25) is 0 Å². The smallest absolute Gasteiger partial charge is 0.432 e. The maximum Gasteiger partial charge on any atom is 0.524 e. The predicted molar refractivity (Wildman–Crippen MR) is 137 cm³/mol. The van der Waals surface area contributed by atoms with Gasteiger partial charge in [-0.1, -0.05) is 12.1 Å². The molecule has 0 unspecified atom stereocenters. The van der Waals surface area contributed by atoms with E-state index in [0.29, 0.717) is 60.4 Å². The Morgan fingerprint density at radius 3 is 2.63 bits per heavy atom. The second-order valence-electron chi connectivity index (χ2n) is 9.30. The van der Waals surface area contributed by atoms with Gasteiger partial charge in [0.05, 0.1) is 10.9 Å². The van der Waals surface area contributed by atoms with Crippen molar-refractivity contribution in [1.82, 2.24) is 23.7 Å². The van der Waals surface area contributed by atoms with E-state index in [2.05, 4.69) is 15.3 Å². The minimum absolute atomic E-state index is 0.00788. The quantitative estimate of drug-likeness (QED) is 0.271. The van der Waals surface area contributed by atoms with Crippen LogP contribution >= 0.6 is 7.82 Å². The summed E-state index contributed by atoms with van der Waals surface area (Å²) >= 11 is 0. The first-order valence-electron chi connectivity index (χ1n) is 12.1. The van der Waals surface area contributed by atoms with Gasteiger partial charge < -0.3 is 14.3 Å². The first kappa shape index (κ1) is 25.0. The number of imidazole rings is 1. The molecule has 0 amide bonds. The molecule has 3 aromatic heterocycles. The molecule has 200 valence electrons. The molecule has 13 nitrogen and oxygen atoms in total. The Labute approximate surface area is 217 Å². The Morgan fingerprint density at radius 1 is 1.11 bits per heavy atom. The predicted octanol–water partition coefficient (Wildman–Crippen LogP) is 2.89. The number of phosphoric acid groups is 1. The number of phosphoric ester groups is 1. The standard InChI is InChI=1S/C23H25N6O7PS/c30-37(31,32)36-17-3-1-2-15(14-17)20-21(29-12-13-35-23(29)27-20)19-6-9-24-22(26-19)25-16-7-10-28(11-8-16)38(33,34)18-4-5-18/h1-3,6,9,12-14,16,18H,4-5,7-8,10-11H2,(H,24,25,26)(H2,30,31,32). The molecular formula is C23H25N6O7PS. The van der Waals surface area contributed by atoms with Gasteiger partial charge in [-0.3, -0.25) is 14.2 Å². The molecule has 38 heavy (non-hydrogen) atoms. The van der Waals surface area contributed by atoms with Gasteiger partial charge in [-0.15, -0.1) is 0 Å². The van der Waals surface area contributed by atoms with E-state index in [1.165, 1.54) is 18.4 Å². The van der Waals surface area contributed by atoms with Crippen LogP contribution in [0.5, 0.6) is 5.75 Å². The highest BCUT2D eigenvalue weighted by Gasteiger charge is 2.41. The molecule has 1 saturated heterocycles. The third-order valence-corrected chi connectivity index (χ3v) is 9.43. The highest BCUT2D eigenvalue weighted by Crippen LogP contribution is 2.40. The number of sulfonamides is 1. The molecule has 0 spiro atoms. The molecule has 15 heteroatoms. The Balaban J connectivity index is 1.26. The van der Waals surface area contributed by atoms with Gasteiger partial charge in [0.15, 0.2) is 0 Å². The van der Waals surface area contributed by atoms with E-state index in [0.717, 1.165) is 12.8 Å². The van der Waals surface area contributed by atoms with Crippen molar-refractivity contribution < 1.29 is 31.7 Å². The maximum absolute atomic E-state index is 12.5. The van der Waals surface area contributed by atoms with Crippen LogP contribution in [-0.4, -0.2) is 66.2 Å². The summed E-state index contributed by atoms with van der Waals surface area (Å²) in [4.78, 5) is 32.0. The maximum atomic E-state index is 12.5. The Kier molecular flexibility index (Phi) is 6.23. The lowest BCUT2D eigenvalue weighted by molar-refractivity contribution is 0.283. The Hall–Kier alpha value is -3.29. The topological polar surface area (TPSA) is 172 Å². The molecule has 0 bridgehead atoms. The van der Waals surface area contributed by atoms with E-state index in [4.69, 9.17) is 13.9 Å². The van der Waals surface area contributed by atoms with Gasteiger partial charge in [0.25, 0.3) is 0 Å². The highest BCUT2D eigenvalue weighted by atomic mass is 32.2. The van der Waals surface area contributed by atoms with Crippen LogP contribution in [0.3, 0.4) is 0 Å². The molecule has 6 rings (SSSR count). The van der Waals surface area contributed by atoms with E-state index in [-0.39, 0.29) is 17.0 Å². The third kappa shape index (κ3) is 5.05. The van der Waals surface area contributed by atoms with Crippen LogP contribution < -0.4 is 9.84 Å². The number of nitrogens with one attached hydrogen (secondary N) is 1. The average Bonchev–Trinajstić information content (AvgIpc) is 3.54. The minimum atomic E-state index is -4.73. The lowest BCUT2D eigenvalue weighted by atomic mass is 10.1. The van der Waals surface area contributed by atoms with Crippen molar-refractivity contribution in [2.24, 2.45) is 0 Å². The fraction of sp³-hybridized carbons (Fsp3) is 0.348. The normalized spacial score (nSPS) is 17.6. The van der Waals surface area contributed by atoms with Crippen LogP contribution in [0.4, 0.5) is 5.95 Å². The molecule has 1 saturated carbocycles. The zero-order valence-electron chi connectivity index (χ0n) is 20.0. The number of oxazole rings is 1. The zero-order valence-corrected chi connectivity index (χ0v) is 21.8. The van der Waals surface area contributed by atoms with Crippen molar-refractivity contribution in [3.05, 3.63) is 49.0 Å². The number of nitrogens with zero attached hydrogens (tertiary/aromatic N) is 5. The molecule has 2 fully saturated rings. The van der Waals surface area contributed by atoms with Crippen molar-refractivity contribution in [2.45, 2.75) is 37.0 Å². The number of hydrogen-bond donors (Lipinski definition) is 3. The molecule has 4 aromatic rings. The summed E-state index contributed by atoms with van der Waals surface area (Å²) in [6.45, 7) is 0.928. The number of anilines is 1. The van der Waals surface area contributed by atoms with E-state index in [1.807, 2.05) is 0 Å². The van der Waals surface area contributed by atoms with E-state index in [9.17, 15) is 22.8 Å². The summed E-state index contributed by atoms with van der Waals surface area (Å²) in [5.41, 5.74) is 2.16. The lowest BCUT2D eigenvalue weighted by Gasteiger charge is -2.31. The Morgan fingerprint density at radius 2 is 1.89 bits per heavy atom. The number of aromatic nitrogens is 4. The van der Waals surface area contributed by atoms with E-state index >= 15 is 0 Å². The number of fused-ring (bicyclic) bond motifs is 1. The van der Waals surface area contributed by atoms with Crippen LogP contribution in [0.1, 0.15) is 25.7 Å². The van der Waals surface area contributed by atoms with Crippen molar-refractivity contribution in [3.63, 3.8) is 0 Å². The van der Waals surface area contributed by atoms with Crippen molar-refractivity contribution in [3.8, 4) is 28.4 Å². The monoisotopic (exact) mass is 560 g/mol. The number of benzene rings is 1. The first-order valence-corrected chi connectivity index (χ1v) is 15.1. The summed E-state index contributed by atoms with van der Waals surface area (Å²) in [5.74, 6) is 0.703. The van der Waals surface area contributed by atoms with Crippen molar-refractivity contribution in [2.75, 3.05) is 18.4 Å². The zero-order chi connectivity index (χ0) is 26.5. The number of rotatable bonds is 8. The van der Waals surface area contributed by atoms with Gasteiger partial charge in [0, 0.05) is 37.1 Å². The SMILES string of the molecule is O=P(O)(O)Oc1cccc(-c2nc3occn3c2-c2ccnc(NC3CCN(S(=O)(=O)C4CC4)CC3)n2)c1. The summed E-state index contributed by atoms with van der Waals surface area (Å²) in [6.07, 6.45) is 7.61. The minimum Gasteiger partial charge on any atom is -0.432 e. The number of piperidine rings is 1. The van der Waals surface area contributed by atoms with Gasteiger partial charge >= 0.3 is 13.7 Å². The molecular weight excluding hydrogens is 535 g/mol. The van der Waals surface area contributed by atoms with Crippen LogP contribution in [0.25, 0.3) is 28.5 Å². The molecule has 4 heterocycles. The van der Waals surface area contributed by atoms with Crippen LogP contribution in [0.15, 0.2) is 53.4 Å². The highest BCUT2D eigenvalue weighted by molar-refractivity contribution is 7.90. The molecule has 1 aliphatic heterocycles.